The number of benzene rings is 2. The summed E-state index contributed by atoms with van der Waals surface area (Å²) in [7, 11) is 3.19. The van der Waals surface area contributed by atoms with Crippen molar-refractivity contribution < 1.29 is 14.3 Å². The molecule has 1 fully saturated rings. The minimum absolute atomic E-state index is 0.0548. The summed E-state index contributed by atoms with van der Waals surface area (Å²) in [5.74, 6) is 0.654. The van der Waals surface area contributed by atoms with Crippen molar-refractivity contribution in [3.63, 3.8) is 0 Å². The number of amides is 1. The highest BCUT2D eigenvalue weighted by molar-refractivity contribution is 5.82. The number of para-hydroxylation sites is 1. The Balaban J connectivity index is 1.63. The number of methoxy groups -OCH3 is 2. The Hall–Kier alpha value is -2.41. The molecule has 6 nitrogen and oxygen atoms in total. The molecule has 0 aliphatic carbocycles. The SMILES string of the molecule is COc1ccccc1C1CC(NC(=O)C(OC)c2ccccc2)NN1. The molecule has 1 amide bonds. The molecule has 3 unspecified atom stereocenters. The van der Waals surface area contributed by atoms with Gasteiger partial charge in [-0.1, -0.05) is 48.5 Å². The number of rotatable bonds is 6. The topological polar surface area (TPSA) is 71.6 Å². The summed E-state index contributed by atoms with van der Waals surface area (Å²) >= 11 is 0. The zero-order valence-electron chi connectivity index (χ0n) is 14.4. The molecule has 6 heteroatoms. The Bertz CT molecular complexity index is 708. The van der Waals surface area contributed by atoms with Crippen LogP contribution in [0.3, 0.4) is 0 Å². The molecule has 0 bridgehead atoms. The molecule has 2 aromatic carbocycles. The quantitative estimate of drug-likeness (QED) is 0.750. The van der Waals surface area contributed by atoms with Crippen LogP contribution in [0, 0.1) is 0 Å². The zero-order valence-corrected chi connectivity index (χ0v) is 14.4. The second kappa shape index (κ2) is 8.11. The molecule has 1 heterocycles. The summed E-state index contributed by atoms with van der Waals surface area (Å²) in [6, 6.07) is 17.4. The van der Waals surface area contributed by atoms with Crippen LogP contribution in [0.1, 0.15) is 29.7 Å². The molecule has 25 heavy (non-hydrogen) atoms. The lowest BCUT2D eigenvalue weighted by molar-refractivity contribution is -0.132. The lowest BCUT2D eigenvalue weighted by Crippen LogP contribution is -2.46. The van der Waals surface area contributed by atoms with Crippen molar-refractivity contribution >= 4 is 5.91 Å². The highest BCUT2D eigenvalue weighted by atomic mass is 16.5. The molecule has 0 aromatic heterocycles. The second-order valence-corrected chi connectivity index (χ2v) is 5.91. The smallest absolute Gasteiger partial charge is 0.255 e. The average Bonchev–Trinajstić information content (AvgIpc) is 3.11. The lowest BCUT2D eigenvalue weighted by Gasteiger charge is -2.19. The normalized spacial score (nSPS) is 20.9. The van der Waals surface area contributed by atoms with Gasteiger partial charge in [-0.25, -0.2) is 10.9 Å². The highest BCUT2D eigenvalue weighted by Gasteiger charge is 2.30. The van der Waals surface area contributed by atoms with Crippen LogP contribution >= 0.6 is 0 Å². The number of carbonyl (C=O) groups excluding carboxylic acids is 1. The van der Waals surface area contributed by atoms with Gasteiger partial charge in [-0.3, -0.25) is 4.79 Å². The van der Waals surface area contributed by atoms with Gasteiger partial charge in [-0.15, -0.1) is 0 Å². The number of hydrazine groups is 1. The molecule has 1 saturated heterocycles. The monoisotopic (exact) mass is 341 g/mol. The summed E-state index contributed by atoms with van der Waals surface area (Å²) in [6.07, 6.45) is -0.116. The van der Waals surface area contributed by atoms with E-state index in [2.05, 4.69) is 16.2 Å². The predicted octanol–water partition coefficient (Wildman–Crippen LogP) is 2.06. The minimum Gasteiger partial charge on any atom is -0.496 e. The first kappa shape index (κ1) is 17.4. The van der Waals surface area contributed by atoms with Gasteiger partial charge in [0.25, 0.3) is 5.91 Å². The summed E-state index contributed by atoms with van der Waals surface area (Å²) in [6.45, 7) is 0. The van der Waals surface area contributed by atoms with Crippen LogP contribution in [-0.2, 0) is 9.53 Å². The summed E-state index contributed by atoms with van der Waals surface area (Å²) in [5, 5.41) is 2.99. The molecule has 0 saturated carbocycles. The Morgan fingerprint density at radius 3 is 2.52 bits per heavy atom. The second-order valence-electron chi connectivity index (χ2n) is 5.91. The largest absolute Gasteiger partial charge is 0.496 e. The Morgan fingerprint density at radius 2 is 1.80 bits per heavy atom. The van der Waals surface area contributed by atoms with Crippen molar-refractivity contribution in [2.75, 3.05) is 14.2 Å². The molecule has 1 aliphatic rings. The van der Waals surface area contributed by atoms with E-state index in [4.69, 9.17) is 9.47 Å². The molecule has 3 atom stereocenters. The zero-order chi connectivity index (χ0) is 17.6. The van der Waals surface area contributed by atoms with Crippen molar-refractivity contribution in [1.82, 2.24) is 16.2 Å². The van der Waals surface area contributed by atoms with Gasteiger partial charge < -0.3 is 14.8 Å². The standard InChI is InChI=1S/C19H23N3O3/c1-24-16-11-7-6-10-14(16)15-12-17(22-21-15)20-19(23)18(25-2)13-8-4-3-5-9-13/h3-11,15,17-18,21-22H,12H2,1-2H3,(H,20,23). The molecule has 0 spiro atoms. The third-order valence-corrected chi connectivity index (χ3v) is 4.31. The van der Waals surface area contributed by atoms with E-state index in [0.717, 1.165) is 16.9 Å². The first-order chi connectivity index (χ1) is 12.2. The number of hydrogen-bond donors (Lipinski definition) is 3. The molecular weight excluding hydrogens is 318 g/mol. The molecule has 2 aromatic rings. The molecule has 132 valence electrons. The fraction of sp³-hybridized carbons (Fsp3) is 0.316. The first-order valence-corrected chi connectivity index (χ1v) is 8.25. The van der Waals surface area contributed by atoms with E-state index in [1.165, 1.54) is 7.11 Å². The van der Waals surface area contributed by atoms with Crippen LogP contribution < -0.4 is 20.9 Å². The van der Waals surface area contributed by atoms with Crippen molar-refractivity contribution in [3.8, 4) is 5.75 Å². The van der Waals surface area contributed by atoms with Crippen LogP contribution in [0.25, 0.3) is 0 Å². The van der Waals surface area contributed by atoms with E-state index < -0.39 is 6.10 Å². The van der Waals surface area contributed by atoms with Crippen LogP contribution in [0.2, 0.25) is 0 Å². The van der Waals surface area contributed by atoms with Gasteiger partial charge in [0.05, 0.1) is 19.3 Å². The first-order valence-electron chi connectivity index (χ1n) is 8.25. The Kier molecular flexibility index (Phi) is 5.65. The molecule has 1 aliphatic heterocycles. The maximum Gasteiger partial charge on any atom is 0.255 e. The maximum absolute atomic E-state index is 12.6. The van der Waals surface area contributed by atoms with E-state index in [0.29, 0.717) is 6.42 Å². The lowest BCUT2D eigenvalue weighted by atomic mass is 10.0. The van der Waals surface area contributed by atoms with E-state index in [1.54, 1.807) is 7.11 Å². The van der Waals surface area contributed by atoms with Crippen LogP contribution in [0.4, 0.5) is 0 Å². The van der Waals surface area contributed by atoms with Gasteiger partial charge in [0.2, 0.25) is 0 Å². The van der Waals surface area contributed by atoms with E-state index in [-0.39, 0.29) is 18.1 Å². The number of hydrogen-bond acceptors (Lipinski definition) is 5. The summed E-state index contributed by atoms with van der Waals surface area (Å²) in [5.41, 5.74) is 8.22. The van der Waals surface area contributed by atoms with Crippen molar-refractivity contribution in [1.29, 1.82) is 0 Å². The Morgan fingerprint density at radius 1 is 1.08 bits per heavy atom. The van der Waals surface area contributed by atoms with Gasteiger partial charge in [-0.05, 0) is 11.6 Å². The van der Waals surface area contributed by atoms with Crippen LogP contribution in [0.5, 0.6) is 5.75 Å². The van der Waals surface area contributed by atoms with Gasteiger partial charge in [-0.2, -0.15) is 0 Å². The fourth-order valence-corrected chi connectivity index (χ4v) is 3.08. The van der Waals surface area contributed by atoms with E-state index in [9.17, 15) is 4.79 Å². The number of ether oxygens (including phenoxy) is 2. The van der Waals surface area contributed by atoms with E-state index >= 15 is 0 Å². The van der Waals surface area contributed by atoms with Crippen LogP contribution in [0.15, 0.2) is 54.6 Å². The van der Waals surface area contributed by atoms with E-state index in [1.807, 2.05) is 54.6 Å². The fourth-order valence-electron chi connectivity index (χ4n) is 3.08. The molecule has 3 rings (SSSR count). The average molecular weight is 341 g/mol. The van der Waals surface area contributed by atoms with Gasteiger partial charge >= 0.3 is 0 Å². The number of nitrogens with one attached hydrogen (secondary N) is 3. The van der Waals surface area contributed by atoms with Crippen molar-refractivity contribution in [3.05, 3.63) is 65.7 Å². The van der Waals surface area contributed by atoms with Gasteiger partial charge in [0, 0.05) is 19.1 Å². The van der Waals surface area contributed by atoms with Crippen molar-refractivity contribution in [2.24, 2.45) is 0 Å². The third kappa shape index (κ3) is 3.99. The Labute approximate surface area is 147 Å². The number of carbonyl (C=O) groups is 1. The molecular formula is C19H23N3O3. The third-order valence-electron chi connectivity index (χ3n) is 4.31. The maximum atomic E-state index is 12.6. The summed E-state index contributed by atoms with van der Waals surface area (Å²) < 4.78 is 10.8. The molecule has 0 radical (unpaired) electrons. The highest BCUT2D eigenvalue weighted by Crippen LogP contribution is 2.29. The summed E-state index contributed by atoms with van der Waals surface area (Å²) in [4.78, 5) is 12.6. The molecule has 3 N–H and O–H groups in total. The van der Waals surface area contributed by atoms with Gasteiger partial charge in [0.15, 0.2) is 6.10 Å². The van der Waals surface area contributed by atoms with Crippen LogP contribution in [-0.4, -0.2) is 26.3 Å². The predicted molar refractivity (Wildman–Crippen MR) is 94.7 cm³/mol. The minimum atomic E-state index is -0.631. The van der Waals surface area contributed by atoms with Gasteiger partial charge in [0.1, 0.15) is 5.75 Å². The van der Waals surface area contributed by atoms with Crippen molar-refractivity contribution in [2.45, 2.75) is 24.7 Å².